The maximum atomic E-state index is 3.57. The van der Waals surface area contributed by atoms with Gasteiger partial charge in [-0.1, -0.05) is 159 Å². The average molecular weight is 538 g/mol. The second kappa shape index (κ2) is 16.3. The van der Waals surface area contributed by atoms with Crippen LogP contribution in [0.4, 0.5) is 0 Å². The molecule has 0 aliphatic heterocycles. The summed E-state index contributed by atoms with van der Waals surface area (Å²) in [5.74, 6) is 0. The molecular formula is C32H42BrP. The third-order valence-corrected chi connectivity index (χ3v) is 8.73. The van der Waals surface area contributed by atoms with Crippen molar-refractivity contribution in [2.24, 2.45) is 5.41 Å². The molecule has 1 unspecified atom stereocenters. The predicted octanol–water partition coefficient (Wildman–Crippen LogP) is 10.2. The van der Waals surface area contributed by atoms with Crippen molar-refractivity contribution in [1.82, 2.24) is 0 Å². The van der Waals surface area contributed by atoms with Crippen molar-refractivity contribution in [1.29, 1.82) is 0 Å². The Morgan fingerprint density at radius 1 is 0.471 bits per heavy atom. The fraction of sp³-hybridized carbons (Fsp3) is 0.438. The highest BCUT2D eigenvalue weighted by Gasteiger charge is 2.30. The van der Waals surface area contributed by atoms with Gasteiger partial charge in [0, 0.05) is 0 Å². The minimum atomic E-state index is 0.251. The lowest BCUT2D eigenvalue weighted by atomic mass is 9.69. The van der Waals surface area contributed by atoms with E-state index in [-0.39, 0.29) is 5.41 Å². The van der Waals surface area contributed by atoms with Crippen molar-refractivity contribution in [3.63, 3.8) is 0 Å². The van der Waals surface area contributed by atoms with Crippen LogP contribution in [-0.4, -0.2) is 6.16 Å². The van der Waals surface area contributed by atoms with Crippen LogP contribution in [0.5, 0.6) is 0 Å². The first kappa shape index (κ1) is 27.2. The van der Waals surface area contributed by atoms with Gasteiger partial charge in [-0.2, -0.15) is 0 Å². The Kier molecular flexibility index (Phi) is 13.0. The molecule has 0 fully saturated rings. The number of unbranched alkanes of at least 4 members (excludes halogenated alkanes) is 7. The lowest BCUT2D eigenvalue weighted by Crippen LogP contribution is -2.30. The van der Waals surface area contributed by atoms with E-state index in [1.54, 1.807) is 0 Å². The van der Waals surface area contributed by atoms with Gasteiger partial charge < -0.3 is 0 Å². The van der Waals surface area contributed by atoms with Crippen molar-refractivity contribution in [3.05, 3.63) is 108 Å². The van der Waals surface area contributed by atoms with Gasteiger partial charge in [0.25, 0.3) is 0 Å². The molecule has 182 valence electrons. The monoisotopic (exact) mass is 536 g/mol. The third-order valence-electron chi connectivity index (χ3n) is 6.99. The molecule has 3 aromatic rings. The normalized spacial score (nSPS) is 11.9. The summed E-state index contributed by atoms with van der Waals surface area (Å²) in [4.78, 5) is 0. The second-order valence-corrected chi connectivity index (χ2v) is 12.4. The molecule has 0 N–H and O–H groups in total. The fourth-order valence-corrected chi connectivity index (χ4v) is 6.52. The Labute approximate surface area is 218 Å². The third kappa shape index (κ3) is 10.5. The molecule has 2 heteroatoms. The van der Waals surface area contributed by atoms with Gasteiger partial charge in [0.2, 0.25) is 0 Å². The van der Waals surface area contributed by atoms with E-state index in [2.05, 4.69) is 106 Å². The van der Waals surface area contributed by atoms with E-state index in [9.17, 15) is 0 Å². The fourth-order valence-electron chi connectivity index (χ4n) is 5.29. The molecule has 0 bridgehead atoms. The molecule has 0 saturated carbocycles. The van der Waals surface area contributed by atoms with Gasteiger partial charge in [0.1, 0.15) is 0 Å². The molecule has 0 radical (unpaired) electrons. The molecule has 3 rings (SSSR count). The predicted molar refractivity (Wildman–Crippen MR) is 157 cm³/mol. The van der Waals surface area contributed by atoms with Crippen LogP contribution in [0.25, 0.3) is 0 Å². The van der Waals surface area contributed by atoms with E-state index in [1.807, 2.05) is 0 Å². The lowest BCUT2D eigenvalue weighted by molar-refractivity contribution is 0.243. The van der Waals surface area contributed by atoms with Gasteiger partial charge in [-0.15, -0.1) is 0 Å². The summed E-state index contributed by atoms with van der Waals surface area (Å²) in [6.45, 7) is 0. The van der Waals surface area contributed by atoms with Crippen LogP contribution in [0.2, 0.25) is 0 Å². The summed E-state index contributed by atoms with van der Waals surface area (Å²) in [5.41, 5.74) is 4.66. The average Bonchev–Trinajstić information content (AvgIpc) is 2.87. The molecule has 0 spiro atoms. The van der Waals surface area contributed by atoms with Crippen molar-refractivity contribution in [2.75, 3.05) is 6.16 Å². The van der Waals surface area contributed by atoms with Crippen molar-refractivity contribution in [3.8, 4) is 0 Å². The van der Waals surface area contributed by atoms with E-state index >= 15 is 0 Å². The summed E-state index contributed by atoms with van der Waals surface area (Å²) in [6, 6.07) is 33.5. The Morgan fingerprint density at radius 2 is 0.824 bits per heavy atom. The Bertz CT molecular complexity index is 777. The smallest absolute Gasteiger partial charge is 0.0176 e. The first-order valence-corrected chi connectivity index (χ1v) is 16.7. The Balaban J connectivity index is 1.65. The number of benzene rings is 3. The van der Waals surface area contributed by atoms with Crippen LogP contribution in [0.3, 0.4) is 0 Å². The van der Waals surface area contributed by atoms with Crippen LogP contribution >= 0.6 is 22.8 Å². The zero-order valence-corrected chi connectivity index (χ0v) is 23.3. The first-order chi connectivity index (χ1) is 16.8. The molecule has 0 amide bonds. The second-order valence-electron chi connectivity index (χ2n) is 9.95. The molecule has 0 aliphatic carbocycles. The van der Waals surface area contributed by atoms with Gasteiger partial charge in [0.15, 0.2) is 0 Å². The molecule has 1 atom stereocenters. The van der Waals surface area contributed by atoms with Gasteiger partial charge in [-0.25, -0.2) is 0 Å². The van der Waals surface area contributed by atoms with Crippen molar-refractivity contribution < 1.29 is 0 Å². The van der Waals surface area contributed by atoms with Crippen molar-refractivity contribution in [2.45, 2.75) is 77.0 Å². The molecule has 3 aromatic carbocycles. The molecule has 0 saturated heterocycles. The standard InChI is InChI=1S/C32H42BrP/c33-34-25-17-6-4-2-1-3-5-16-24-32(26-29-18-10-7-11-19-29,27-30-20-12-8-13-21-30)28-31-22-14-9-15-23-31/h7-15,18-23,34H,1-6,16-17,24-28H2. The number of hydrogen-bond donors (Lipinski definition) is 0. The Morgan fingerprint density at radius 3 is 1.21 bits per heavy atom. The van der Waals surface area contributed by atoms with Crippen LogP contribution < -0.4 is 0 Å². The highest BCUT2D eigenvalue weighted by Crippen LogP contribution is 2.37. The highest BCUT2D eigenvalue weighted by molar-refractivity contribution is 9.36. The number of halogens is 1. The molecule has 0 aromatic heterocycles. The minimum absolute atomic E-state index is 0.251. The maximum absolute atomic E-state index is 3.57. The van der Waals surface area contributed by atoms with E-state index in [4.69, 9.17) is 0 Å². The van der Waals surface area contributed by atoms with Crippen molar-refractivity contribution >= 4 is 22.8 Å². The van der Waals surface area contributed by atoms with E-state index in [1.165, 1.54) is 80.6 Å². The van der Waals surface area contributed by atoms with E-state index in [0.29, 0.717) is 0 Å². The maximum Gasteiger partial charge on any atom is -0.0176 e. The van der Waals surface area contributed by atoms with E-state index < -0.39 is 0 Å². The quantitative estimate of drug-likeness (QED) is 0.119. The summed E-state index contributed by atoms with van der Waals surface area (Å²) in [5, 5.41) is 0. The highest BCUT2D eigenvalue weighted by atomic mass is 79.9. The zero-order chi connectivity index (χ0) is 23.7. The SMILES string of the molecule is BrPCCCCCCCCCCC(Cc1ccccc1)(Cc1ccccc1)Cc1ccccc1. The molecule has 0 heterocycles. The van der Waals surface area contributed by atoms with Gasteiger partial charge in [-0.3, -0.25) is 0 Å². The van der Waals surface area contributed by atoms with Gasteiger partial charge >= 0.3 is 0 Å². The summed E-state index contributed by atoms with van der Waals surface area (Å²) in [6.07, 6.45) is 17.2. The number of hydrogen-bond acceptors (Lipinski definition) is 0. The van der Waals surface area contributed by atoms with Gasteiger partial charge in [0.05, 0.1) is 0 Å². The lowest BCUT2D eigenvalue weighted by Gasteiger charge is -2.35. The minimum Gasteiger partial charge on any atom is -0.0642 e. The first-order valence-electron chi connectivity index (χ1n) is 13.2. The topological polar surface area (TPSA) is 0 Å². The Hall–Kier alpha value is -1.43. The van der Waals surface area contributed by atoms with Gasteiger partial charge in [-0.05, 0) is 60.4 Å². The summed E-state index contributed by atoms with van der Waals surface area (Å²) in [7, 11) is 0.944. The molecule has 0 aliphatic rings. The summed E-state index contributed by atoms with van der Waals surface area (Å²) < 4.78 is 0. The van der Waals surface area contributed by atoms with Crippen LogP contribution in [0.15, 0.2) is 91.0 Å². The zero-order valence-electron chi connectivity index (χ0n) is 20.7. The van der Waals surface area contributed by atoms with Crippen LogP contribution in [0, 0.1) is 5.41 Å². The molecule has 34 heavy (non-hydrogen) atoms. The largest absolute Gasteiger partial charge is 0.0642 e. The number of rotatable bonds is 17. The molecular weight excluding hydrogens is 495 g/mol. The van der Waals surface area contributed by atoms with E-state index in [0.717, 1.165) is 26.5 Å². The molecule has 0 nitrogen and oxygen atoms in total. The summed E-state index contributed by atoms with van der Waals surface area (Å²) >= 11 is 3.57. The van der Waals surface area contributed by atoms with Crippen LogP contribution in [-0.2, 0) is 19.3 Å². The van der Waals surface area contributed by atoms with Crippen LogP contribution in [0.1, 0.15) is 74.5 Å².